The van der Waals surface area contributed by atoms with Crippen LogP contribution in [0, 0.1) is 0 Å². The number of carboxylic acid groups (broad SMARTS) is 1. The lowest BCUT2D eigenvalue weighted by Gasteiger charge is -2.17. The molecule has 0 bridgehead atoms. The molecular formula is C15H15NO3S. The maximum absolute atomic E-state index is 11.4. The molecule has 4 nitrogen and oxygen atoms in total. The van der Waals surface area contributed by atoms with Gasteiger partial charge in [0, 0.05) is 10.6 Å². The van der Waals surface area contributed by atoms with Crippen LogP contribution in [-0.2, 0) is 19.4 Å². The van der Waals surface area contributed by atoms with E-state index in [1.165, 1.54) is 0 Å². The number of fused-ring (bicyclic) bond motifs is 1. The molecule has 104 valence electrons. The van der Waals surface area contributed by atoms with Gasteiger partial charge in [0.1, 0.15) is 12.2 Å². The highest BCUT2D eigenvalue weighted by Gasteiger charge is 2.20. The lowest BCUT2D eigenvalue weighted by molar-refractivity contribution is 0.0690. The van der Waals surface area contributed by atoms with Gasteiger partial charge in [-0.05, 0) is 48.8 Å². The first-order chi connectivity index (χ1) is 9.74. The number of ether oxygens (including phenoxy) is 1. The molecule has 0 unspecified atom stereocenters. The van der Waals surface area contributed by atoms with Gasteiger partial charge in [0.25, 0.3) is 0 Å². The Morgan fingerprint density at radius 2 is 2.25 bits per heavy atom. The average molecular weight is 289 g/mol. The van der Waals surface area contributed by atoms with Crippen molar-refractivity contribution in [3.05, 3.63) is 45.3 Å². The zero-order valence-electron chi connectivity index (χ0n) is 11.0. The fourth-order valence-corrected chi connectivity index (χ4v) is 3.03. The zero-order chi connectivity index (χ0) is 13.9. The van der Waals surface area contributed by atoms with Crippen LogP contribution in [0.1, 0.15) is 39.3 Å². The predicted octanol–water partition coefficient (Wildman–Crippen LogP) is 3.30. The summed E-state index contributed by atoms with van der Waals surface area (Å²) in [7, 11) is 0. The number of aromatic nitrogens is 1. The number of thiophene rings is 1. The summed E-state index contributed by atoms with van der Waals surface area (Å²) in [6.07, 6.45) is 4.03. The third kappa shape index (κ3) is 2.67. The Bertz CT molecular complexity index is 622. The highest BCUT2D eigenvalue weighted by atomic mass is 32.1. The van der Waals surface area contributed by atoms with Gasteiger partial charge in [0.2, 0.25) is 5.88 Å². The number of aryl methyl sites for hydroxylation is 2. The molecule has 2 heterocycles. The molecule has 0 atom stereocenters. The van der Waals surface area contributed by atoms with Crippen LogP contribution in [-0.4, -0.2) is 16.1 Å². The third-order valence-electron chi connectivity index (χ3n) is 3.43. The molecule has 1 N–H and O–H groups in total. The van der Waals surface area contributed by atoms with Crippen molar-refractivity contribution in [1.82, 2.24) is 4.98 Å². The van der Waals surface area contributed by atoms with Gasteiger partial charge in [0.05, 0.1) is 0 Å². The second kappa shape index (κ2) is 5.63. The normalized spacial score (nSPS) is 13.8. The standard InChI is InChI=1S/C15H15NO3S/c17-15(18)12-8-10-4-1-2-6-13(10)16-14(12)19-9-11-5-3-7-20-11/h3,5,7-8H,1-2,4,6,9H2,(H,17,18). The lowest BCUT2D eigenvalue weighted by Crippen LogP contribution is -2.12. The number of hydrogen-bond donors (Lipinski definition) is 1. The molecule has 0 radical (unpaired) electrons. The van der Waals surface area contributed by atoms with E-state index in [1.54, 1.807) is 17.4 Å². The van der Waals surface area contributed by atoms with Crippen molar-refractivity contribution in [2.45, 2.75) is 32.3 Å². The van der Waals surface area contributed by atoms with Gasteiger partial charge in [0.15, 0.2) is 0 Å². The minimum absolute atomic E-state index is 0.169. The van der Waals surface area contributed by atoms with Crippen molar-refractivity contribution >= 4 is 17.3 Å². The van der Waals surface area contributed by atoms with Crippen LogP contribution in [0.5, 0.6) is 5.88 Å². The highest BCUT2D eigenvalue weighted by molar-refractivity contribution is 7.09. The Kier molecular flexibility index (Phi) is 3.69. The summed E-state index contributed by atoms with van der Waals surface area (Å²) in [6, 6.07) is 5.64. The summed E-state index contributed by atoms with van der Waals surface area (Å²) in [5.74, 6) is -0.737. The number of aromatic carboxylic acids is 1. The van der Waals surface area contributed by atoms with E-state index >= 15 is 0 Å². The first kappa shape index (κ1) is 13.1. The Hall–Kier alpha value is -1.88. The number of carboxylic acids is 1. The van der Waals surface area contributed by atoms with Crippen LogP contribution < -0.4 is 4.74 Å². The largest absolute Gasteiger partial charge is 0.477 e. The monoisotopic (exact) mass is 289 g/mol. The summed E-state index contributed by atoms with van der Waals surface area (Å²) >= 11 is 1.58. The van der Waals surface area contributed by atoms with E-state index in [0.29, 0.717) is 6.61 Å². The Morgan fingerprint density at radius 3 is 3.00 bits per heavy atom. The molecular weight excluding hydrogens is 274 g/mol. The Balaban J connectivity index is 1.89. The minimum atomic E-state index is -0.980. The van der Waals surface area contributed by atoms with Crippen molar-refractivity contribution in [1.29, 1.82) is 0 Å². The summed E-state index contributed by atoms with van der Waals surface area (Å²) in [5, 5.41) is 11.3. The minimum Gasteiger partial charge on any atom is -0.477 e. The molecule has 0 saturated carbocycles. The van der Waals surface area contributed by atoms with Crippen molar-refractivity contribution in [3.63, 3.8) is 0 Å². The third-order valence-corrected chi connectivity index (χ3v) is 4.28. The van der Waals surface area contributed by atoms with E-state index in [-0.39, 0.29) is 11.4 Å². The molecule has 0 aliphatic heterocycles. The molecule has 0 saturated heterocycles. The molecule has 2 aromatic rings. The number of pyridine rings is 1. The van der Waals surface area contributed by atoms with E-state index in [1.807, 2.05) is 17.5 Å². The first-order valence-corrected chi connectivity index (χ1v) is 7.53. The maximum atomic E-state index is 11.4. The van der Waals surface area contributed by atoms with Crippen LogP contribution in [0.15, 0.2) is 23.6 Å². The van der Waals surface area contributed by atoms with Gasteiger partial charge < -0.3 is 9.84 Å². The molecule has 1 aliphatic carbocycles. The molecule has 5 heteroatoms. The summed E-state index contributed by atoms with van der Waals surface area (Å²) in [5.41, 5.74) is 2.21. The van der Waals surface area contributed by atoms with Crippen LogP contribution in [0.2, 0.25) is 0 Å². The van der Waals surface area contributed by atoms with E-state index in [4.69, 9.17) is 4.74 Å². The molecule has 20 heavy (non-hydrogen) atoms. The van der Waals surface area contributed by atoms with E-state index in [9.17, 15) is 9.90 Å². The van der Waals surface area contributed by atoms with Crippen LogP contribution >= 0.6 is 11.3 Å². The van der Waals surface area contributed by atoms with Gasteiger partial charge in [-0.3, -0.25) is 0 Å². The highest BCUT2D eigenvalue weighted by Crippen LogP contribution is 2.26. The second-order valence-corrected chi connectivity index (χ2v) is 5.86. The van der Waals surface area contributed by atoms with Gasteiger partial charge in [-0.2, -0.15) is 0 Å². The average Bonchev–Trinajstić information content (AvgIpc) is 2.97. The quantitative estimate of drug-likeness (QED) is 0.938. The predicted molar refractivity (Wildman–Crippen MR) is 76.5 cm³/mol. The molecule has 1 aliphatic rings. The fourth-order valence-electron chi connectivity index (χ4n) is 2.41. The number of nitrogens with zero attached hydrogens (tertiary/aromatic N) is 1. The van der Waals surface area contributed by atoms with Crippen LogP contribution in [0.25, 0.3) is 0 Å². The molecule has 0 spiro atoms. The first-order valence-electron chi connectivity index (χ1n) is 6.65. The van der Waals surface area contributed by atoms with Crippen molar-refractivity contribution < 1.29 is 14.6 Å². The number of carbonyl (C=O) groups is 1. The van der Waals surface area contributed by atoms with Gasteiger partial charge >= 0.3 is 5.97 Å². The smallest absolute Gasteiger partial charge is 0.341 e. The molecule has 0 fully saturated rings. The van der Waals surface area contributed by atoms with E-state index < -0.39 is 5.97 Å². The summed E-state index contributed by atoms with van der Waals surface area (Å²) < 4.78 is 5.63. The molecule has 2 aromatic heterocycles. The Labute approximate surface area is 121 Å². The van der Waals surface area contributed by atoms with Gasteiger partial charge in [-0.1, -0.05) is 6.07 Å². The fraction of sp³-hybridized carbons (Fsp3) is 0.333. The van der Waals surface area contributed by atoms with E-state index in [2.05, 4.69) is 4.98 Å². The number of hydrogen-bond acceptors (Lipinski definition) is 4. The molecule has 0 aromatic carbocycles. The van der Waals surface area contributed by atoms with Crippen molar-refractivity contribution in [3.8, 4) is 5.88 Å². The Morgan fingerprint density at radius 1 is 1.40 bits per heavy atom. The maximum Gasteiger partial charge on any atom is 0.341 e. The molecule has 0 amide bonds. The van der Waals surface area contributed by atoms with E-state index in [0.717, 1.165) is 41.8 Å². The zero-order valence-corrected chi connectivity index (χ0v) is 11.8. The SMILES string of the molecule is O=C(O)c1cc2c(nc1OCc1cccs1)CCCC2. The van der Waals surface area contributed by atoms with Gasteiger partial charge in [-0.15, -0.1) is 11.3 Å². The lowest BCUT2D eigenvalue weighted by atomic mass is 9.95. The van der Waals surface area contributed by atoms with Gasteiger partial charge in [-0.25, -0.2) is 9.78 Å². The van der Waals surface area contributed by atoms with Crippen LogP contribution in [0.3, 0.4) is 0 Å². The summed E-state index contributed by atoms with van der Waals surface area (Å²) in [6.45, 7) is 0.365. The summed E-state index contributed by atoms with van der Waals surface area (Å²) in [4.78, 5) is 16.8. The second-order valence-electron chi connectivity index (χ2n) is 4.83. The topological polar surface area (TPSA) is 59.4 Å². The van der Waals surface area contributed by atoms with Crippen LogP contribution in [0.4, 0.5) is 0 Å². The van der Waals surface area contributed by atoms with Crippen molar-refractivity contribution in [2.75, 3.05) is 0 Å². The van der Waals surface area contributed by atoms with Crippen molar-refractivity contribution in [2.24, 2.45) is 0 Å². The number of rotatable bonds is 4. The molecule has 3 rings (SSSR count).